The van der Waals surface area contributed by atoms with Crippen LogP contribution in [0.25, 0.3) is 0 Å². The summed E-state index contributed by atoms with van der Waals surface area (Å²) in [4.78, 5) is 0. The molecule has 0 amide bonds. The van der Waals surface area contributed by atoms with Crippen LogP contribution in [-0.4, -0.2) is 19.7 Å². The average molecular weight is 259 g/mol. The van der Waals surface area contributed by atoms with E-state index in [1.165, 1.54) is 62.6 Å². The highest BCUT2D eigenvalue weighted by molar-refractivity contribution is 5.37. The van der Waals surface area contributed by atoms with Crippen LogP contribution in [0, 0.1) is 5.92 Å². The van der Waals surface area contributed by atoms with Gasteiger partial charge >= 0.3 is 0 Å². The summed E-state index contributed by atoms with van der Waals surface area (Å²) in [6, 6.07) is 7.21. The van der Waals surface area contributed by atoms with Gasteiger partial charge in [0, 0.05) is 6.04 Å². The summed E-state index contributed by atoms with van der Waals surface area (Å²) >= 11 is 0. The molecule has 1 fully saturated rings. The lowest BCUT2D eigenvalue weighted by atomic mass is 9.88. The highest BCUT2D eigenvalue weighted by Gasteiger charge is 2.21. The number of aryl methyl sites for hydroxylation is 1. The van der Waals surface area contributed by atoms with Gasteiger partial charge < -0.3 is 10.1 Å². The summed E-state index contributed by atoms with van der Waals surface area (Å²) in [5.41, 5.74) is 2.99. The largest absolute Gasteiger partial charge is 0.497 e. The number of fused-ring (bicyclic) bond motifs is 1. The Morgan fingerprint density at radius 1 is 1.16 bits per heavy atom. The van der Waals surface area contributed by atoms with E-state index in [0.29, 0.717) is 6.04 Å². The third kappa shape index (κ3) is 3.11. The molecule has 2 aliphatic carbocycles. The van der Waals surface area contributed by atoms with Crippen LogP contribution < -0.4 is 10.1 Å². The molecule has 1 aromatic rings. The normalized spacial score (nSPS) is 23.3. The van der Waals surface area contributed by atoms with Gasteiger partial charge in [0.2, 0.25) is 0 Å². The summed E-state index contributed by atoms with van der Waals surface area (Å²) < 4.78 is 5.34. The molecule has 2 nitrogen and oxygen atoms in total. The zero-order valence-electron chi connectivity index (χ0n) is 12.0. The summed E-state index contributed by atoms with van der Waals surface area (Å²) in [6.45, 7) is 1.23. The van der Waals surface area contributed by atoms with Crippen LogP contribution in [-0.2, 0) is 12.8 Å². The predicted molar refractivity (Wildman–Crippen MR) is 78.8 cm³/mol. The van der Waals surface area contributed by atoms with Crippen LogP contribution in [0.15, 0.2) is 18.2 Å². The first-order valence-corrected chi connectivity index (χ1v) is 7.74. The maximum Gasteiger partial charge on any atom is 0.119 e. The van der Waals surface area contributed by atoms with Gasteiger partial charge in [0.15, 0.2) is 0 Å². The van der Waals surface area contributed by atoms with Gasteiger partial charge in [-0.3, -0.25) is 0 Å². The molecule has 1 unspecified atom stereocenters. The van der Waals surface area contributed by atoms with Crippen LogP contribution in [0.4, 0.5) is 0 Å². The first kappa shape index (κ1) is 13.0. The molecule has 0 saturated heterocycles. The van der Waals surface area contributed by atoms with E-state index in [2.05, 4.69) is 23.5 Å². The smallest absolute Gasteiger partial charge is 0.119 e. The SMILES string of the molecule is COc1ccc2c(c1)CC(NCC1CCCC1)CC2. The Morgan fingerprint density at radius 2 is 2.00 bits per heavy atom. The van der Waals surface area contributed by atoms with Crippen molar-refractivity contribution in [3.8, 4) is 5.75 Å². The second kappa shape index (κ2) is 5.96. The number of hydrogen-bond acceptors (Lipinski definition) is 2. The van der Waals surface area contributed by atoms with Crippen LogP contribution in [0.5, 0.6) is 5.75 Å². The predicted octanol–water partition coefficient (Wildman–Crippen LogP) is 3.33. The molecule has 1 saturated carbocycles. The van der Waals surface area contributed by atoms with Gasteiger partial charge in [0.05, 0.1) is 7.11 Å². The second-order valence-electron chi connectivity index (χ2n) is 6.13. The average Bonchev–Trinajstić information content (AvgIpc) is 2.97. The van der Waals surface area contributed by atoms with Gasteiger partial charge in [-0.05, 0) is 67.8 Å². The van der Waals surface area contributed by atoms with Crippen molar-refractivity contribution in [2.45, 2.75) is 51.0 Å². The van der Waals surface area contributed by atoms with E-state index in [0.717, 1.165) is 11.7 Å². The topological polar surface area (TPSA) is 21.3 Å². The summed E-state index contributed by atoms with van der Waals surface area (Å²) in [7, 11) is 1.75. The Balaban J connectivity index is 1.57. The number of ether oxygens (including phenoxy) is 1. The molecule has 2 aliphatic rings. The maximum atomic E-state index is 5.34. The van der Waals surface area contributed by atoms with E-state index in [9.17, 15) is 0 Å². The van der Waals surface area contributed by atoms with Crippen molar-refractivity contribution in [1.82, 2.24) is 5.32 Å². The molecular weight excluding hydrogens is 234 g/mol. The maximum absolute atomic E-state index is 5.34. The van der Waals surface area contributed by atoms with Crippen molar-refractivity contribution in [2.75, 3.05) is 13.7 Å². The first-order valence-electron chi connectivity index (χ1n) is 7.74. The van der Waals surface area contributed by atoms with Crippen molar-refractivity contribution in [2.24, 2.45) is 5.92 Å². The highest BCUT2D eigenvalue weighted by Crippen LogP contribution is 2.27. The zero-order valence-corrected chi connectivity index (χ0v) is 12.0. The van der Waals surface area contributed by atoms with Crippen molar-refractivity contribution < 1.29 is 4.74 Å². The molecule has 0 radical (unpaired) electrons. The molecule has 1 aromatic carbocycles. The Labute approximate surface area is 116 Å². The minimum atomic E-state index is 0.667. The fourth-order valence-electron chi connectivity index (χ4n) is 3.58. The molecule has 0 aromatic heterocycles. The van der Waals surface area contributed by atoms with Gasteiger partial charge in [0.25, 0.3) is 0 Å². The van der Waals surface area contributed by atoms with Crippen LogP contribution in [0.1, 0.15) is 43.2 Å². The number of methoxy groups -OCH3 is 1. The summed E-state index contributed by atoms with van der Waals surface area (Å²) in [5.74, 6) is 1.93. The third-order valence-electron chi connectivity index (χ3n) is 4.81. The molecule has 19 heavy (non-hydrogen) atoms. The minimum absolute atomic E-state index is 0.667. The molecule has 2 heteroatoms. The van der Waals surface area contributed by atoms with Gasteiger partial charge in [-0.25, -0.2) is 0 Å². The first-order chi connectivity index (χ1) is 9.35. The molecular formula is C17H25NO. The van der Waals surface area contributed by atoms with E-state index in [-0.39, 0.29) is 0 Å². The third-order valence-corrected chi connectivity index (χ3v) is 4.81. The number of rotatable bonds is 4. The molecule has 0 aliphatic heterocycles. The number of hydrogen-bond donors (Lipinski definition) is 1. The van der Waals surface area contributed by atoms with Crippen molar-refractivity contribution in [3.05, 3.63) is 29.3 Å². The standard InChI is InChI=1S/C17H25NO/c1-19-17-9-7-14-6-8-16(10-15(14)11-17)18-12-13-4-2-3-5-13/h7,9,11,13,16,18H,2-6,8,10,12H2,1H3. The van der Waals surface area contributed by atoms with Crippen molar-refractivity contribution in [3.63, 3.8) is 0 Å². The van der Waals surface area contributed by atoms with Crippen LogP contribution in [0.3, 0.4) is 0 Å². The molecule has 1 atom stereocenters. The Kier molecular flexibility index (Phi) is 4.07. The lowest BCUT2D eigenvalue weighted by Crippen LogP contribution is -2.37. The van der Waals surface area contributed by atoms with Crippen LogP contribution >= 0.6 is 0 Å². The minimum Gasteiger partial charge on any atom is -0.497 e. The summed E-state index contributed by atoms with van der Waals surface area (Å²) in [5, 5.41) is 3.80. The van der Waals surface area contributed by atoms with Gasteiger partial charge in [-0.15, -0.1) is 0 Å². The monoisotopic (exact) mass is 259 g/mol. The molecule has 3 rings (SSSR count). The summed E-state index contributed by atoms with van der Waals surface area (Å²) in [6.07, 6.45) is 9.41. The van der Waals surface area contributed by atoms with E-state index in [4.69, 9.17) is 4.74 Å². The van der Waals surface area contributed by atoms with E-state index in [1.54, 1.807) is 7.11 Å². The van der Waals surface area contributed by atoms with Crippen molar-refractivity contribution >= 4 is 0 Å². The van der Waals surface area contributed by atoms with Gasteiger partial charge in [0.1, 0.15) is 5.75 Å². The number of nitrogens with one attached hydrogen (secondary N) is 1. The van der Waals surface area contributed by atoms with Gasteiger partial charge in [-0.1, -0.05) is 18.9 Å². The lowest BCUT2D eigenvalue weighted by Gasteiger charge is -2.27. The quantitative estimate of drug-likeness (QED) is 0.895. The lowest BCUT2D eigenvalue weighted by molar-refractivity contribution is 0.397. The Hall–Kier alpha value is -1.02. The molecule has 1 N–H and O–H groups in total. The van der Waals surface area contributed by atoms with Crippen molar-refractivity contribution in [1.29, 1.82) is 0 Å². The number of benzene rings is 1. The van der Waals surface area contributed by atoms with Crippen LogP contribution in [0.2, 0.25) is 0 Å². The Morgan fingerprint density at radius 3 is 2.79 bits per heavy atom. The van der Waals surface area contributed by atoms with E-state index >= 15 is 0 Å². The molecule has 0 heterocycles. The molecule has 0 bridgehead atoms. The highest BCUT2D eigenvalue weighted by atomic mass is 16.5. The van der Waals surface area contributed by atoms with E-state index in [1.807, 2.05) is 0 Å². The fraction of sp³-hybridized carbons (Fsp3) is 0.647. The Bertz CT molecular complexity index is 423. The van der Waals surface area contributed by atoms with Gasteiger partial charge in [-0.2, -0.15) is 0 Å². The fourth-order valence-corrected chi connectivity index (χ4v) is 3.58. The van der Waals surface area contributed by atoms with E-state index < -0.39 is 0 Å². The molecule has 104 valence electrons. The zero-order chi connectivity index (χ0) is 13.1. The second-order valence-corrected chi connectivity index (χ2v) is 6.13. The molecule has 0 spiro atoms.